The summed E-state index contributed by atoms with van der Waals surface area (Å²) in [6.45, 7) is 3.01. The van der Waals surface area contributed by atoms with Crippen LogP contribution in [0.4, 0.5) is 0 Å². The molecule has 2 N–H and O–H groups in total. The van der Waals surface area contributed by atoms with E-state index in [4.69, 9.17) is 12.2 Å². The van der Waals surface area contributed by atoms with Crippen LogP contribution >= 0.6 is 0 Å². The Morgan fingerprint density at radius 2 is 2.10 bits per heavy atom. The van der Waals surface area contributed by atoms with E-state index in [0.717, 1.165) is 6.54 Å². The van der Waals surface area contributed by atoms with Crippen molar-refractivity contribution in [3.63, 3.8) is 0 Å². The first-order chi connectivity index (χ1) is 4.57. The predicted octanol–water partition coefficient (Wildman–Crippen LogP) is 0.145. The van der Waals surface area contributed by atoms with Gasteiger partial charge in [0, 0.05) is 6.54 Å². The second-order valence-electron chi connectivity index (χ2n) is 2.93. The van der Waals surface area contributed by atoms with Crippen LogP contribution in [0.1, 0.15) is 6.92 Å². The fourth-order valence-corrected chi connectivity index (χ4v) is 0.854. The molecule has 0 aliphatic carbocycles. The van der Waals surface area contributed by atoms with Gasteiger partial charge in [-0.2, -0.15) is 0 Å². The molecule has 0 radical (unpaired) electrons. The zero-order chi connectivity index (χ0) is 8.15. The maximum atomic E-state index is 5.60. The lowest BCUT2D eigenvalue weighted by Gasteiger charge is -2.18. The van der Waals surface area contributed by atoms with Gasteiger partial charge in [0.1, 0.15) is 0 Å². The molecule has 0 aromatic carbocycles. The number of hydrogen-bond acceptors (Lipinski definition) is 2. The lowest BCUT2D eigenvalue weighted by Crippen LogP contribution is -2.33. The van der Waals surface area contributed by atoms with Crippen molar-refractivity contribution in [2.45, 2.75) is 13.0 Å². The van der Waals surface area contributed by atoms with Crippen LogP contribution in [0, 0.1) is 18.3 Å². The van der Waals surface area contributed by atoms with Gasteiger partial charge in [-0.1, -0.05) is 12.8 Å². The van der Waals surface area contributed by atoms with Crippen LogP contribution in [0.2, 0.25) is 0 Å². The molecule has 10 heavy (non-hydrogen) atoms. The Morgan fingerprint density at radius 3 is 2.40 bits per heavy atom. The molecule has 0 spiro atoms. The minimum Gasteiger partial charge on any atom is -0.317 e. The van der Waals surface area contributed by atoms with Gasteiger partial charge in [0.25, 0.3) is 0 Å². The maximum absolute atomic E-state index is 5.60. The van der Waals surface area contributed by atoms with Gasteiger partial charge in [-0.15, -0.1) is 6.42 Å². The molecule has 2 unspecified atom stereocenters. The molecule has 0 fully saturated rings. The monoisotopic (exact) mass is 140 g/mol. The summed E-state index contributed by atoms with van der Waals surface area (Å²) in [5.41, 5.74) is 5.60. The van der Waals surface area contributed by atoms with E-state index in [0.29, 0.717) is 5.92 Å². The molecule has 0 rings (SSSR count). The highest BCUT2D eigenvalue weighted by Crippen LogP contribution is 1.99. The second-order valence-corrected chi connectivity index (χ2v) is 2.93. The van der Waals surface area contributed by atoms with Gasteiger partial charge >= 0.3 is 0 Å². The third-order valence-electron chi connectivity index (χ3n) is 1.46. The van der Waals surface area contributed by atoms with E-state index in [1.165, 1.54) is 0 Å². The number of hydrogen-bond donors (Lipinski definition) is 1. The summed E-state index contributed by atoms with van der Waals surface area (Å²) in [5, 5.41) is 0. The predicted molar refractivity (Wildman–Crippen MR) is 44.5 cm³/mol. The van der Waals surface area contributed by atoms with Crippen LogP contribution in [0.25, 0.3) is 0 Å². The van der Waals surface area contributed by atoms with Gasteiger partial charge in [0.2, 0.25) is 0 Å². The molecule has 2 nitrogen and oxygen atoms in total. The highest BCUT2D eigenvalue weighted by Gasteiger charge is 2.09. The summed E-state index contributed by atoms with van der Waals surface area (Å²) in [6.07, 6.45) is 5.16. The van der Waals surface area contributed by atoms with Crippen LogP contribution in [0.15, 0.2) is 0 Å². The summed E-state index contributed by atoms with van der Waals surface area (Å²) in [5.74, 6) is 2.90. The molecule has 0 amide bonds. The van der Waals surface area contributed by atoms with Gasteiger partial charge in [-0.05, 0) is 20.0 Å². The van der Waals surface area contributed by atoms with Crippen molar-refractivity contribution in [1.29, 1.82) is 0 Å². The lowest BCUT2D eigenvalue weighted by molar-refractivity contribution is 0.327. The summed E-state index contributed by atoms with van der Waals surface area (Å²) in [7, 11) is 4.03. The van der Waals surface area contributed by atoms with Crippen molar-refractivity contribution >= 4 is 0 Å². The first kappa shape index (κ1) is 9.48. The van der Waals surface area contributed by atoms with E-state index in [9.17, 15) is 0 Å². The quantitative estimate of drug-likeness (QED) is 0.565. The minimum absolute atomic E-state index is 0.109. The van der Waals surface area contributed by atoms with E-state index in [1.807, 2.05) is 14.1 Å². The molecule has 0 aliphatic rings. The maximum Gasteiger partial charge on any atom is 0.0700 e. The second kappa shape index (κ2) is 4.32. The van der Waals surface area contributed by atoms with E-state index in [-0.39, 0.29) is 6.04 Å². The Bertz CT molecular complexity index is 124. The zero-order valence-corrected chi connectivity index (χ0v) is 6.96. The normalized spacial score (nSPS) is 16.4. The third-order valence-corrected chi connectivity index (χ3v) is 1.46. The van der Waals surface area contributed by atoms with E-state index in [1.54, 1.807) is 0 Å². The molecule has 0 saturated heterocycles. The molecular weight excluding hydrogens is 124 g/mol. The fraction of sp³-hybridized carbons (Fsp3) is 0.750. The third kappa shape index (κ3) is 3.49. The van der Waals surface area contributed by atoms with Crippen LogP contribution in [-0.4, -0.2) is 31.6 Å². The fourth-order valence-electron chi connectivity index (χ4n) is 0.854. The molecule has 2 atom stereocenters. The van der Waals surface area contributed by atoms with Crippen LogP contribution in [-0.2, 0) is 0 Å². The Balaban J connectivity index is 3.64. The number of nitrogens with zero attached hydrogens (tertiary/aromatic N) is 1. The summed E-state index contributed by atoms with van der Waals surface area (Å²) < 4.78 is 0. The largest absolute Gasteiger partial charge is 0.317 e. The molecule has 2 heteroatoms. The number of rotatable bonds is 3. The van der Waals surface area contributed by atoms with Crippen molar-refractivity contribution in [3.05, 3.63) is 0 Å². The van der Waals surface area contributed by atoms with Crippen molar-refractivity contribution < 1.29 is 0 Å². The minimum atomic E-state index is -0.109. The smallest absolute Gasteiger partial charge is 0.0700 e. The molecule has 58 valence electrons. The number of nitrogens with two attached hydrogens (primary N) is 1. The summed E-state index contributed by atoms with van der Waals surface area (Å²) in [4.78, 5) is 2.09. The van der Waals surface area contributed by atoms with Gasteiger partial charge in [0.05, 0.1) is 6.04 Å². The van der Waals surface area contributed by atoms with E-state index < -0.39 is 0 Å². The van der Waals surface area contributed by atoms with E-state index in [2.05, 4.69) is 17.7 Å². The van der Waals surface area contributed by atoms with Gasteiger partial charge in [-0.25, -0.2) is 0 Å². The average Bonchev–Trinajstić information content (AvgIpc) is 1.85. The highest BCUT2D eigenvalue weighted by molar-refractivity contribution is 4.99. The van der Waals surface area contributed by atoms with Gasteiger partial charge in [-0.3, -0.25) is 0 Å². The first-order valence-electron chi connectivity index (χ1n) is 3.44. The van der Waals surface area contributed by atoms with Gasteiger partial charge < -0.3 is 10.6 Å². The van der Waals surface area contributed by atoms with Crippen LogP contribution < -0.4 is 5.73 Å². The lowest BCUT2D eigenvalue weighted by atomic mass is 10.0. The van der Waals surface area contributed by atoms with Gasteiger partial charge in [0.15, 0.2) is 0 Å². The zero-order valence-electron chi connectivity index (χ0n) is 6.96. The highest BCUT2D eigenvalue weighted by atomic mass is 15.1. The molecule has 0 aliphatic heterocycles. The van der Waals surface area contributed by atoms with Crippen molar-refractivity contribution in [2.24, 2.45) is 11.7 Å². The van der Waals surface area contributed by atoms with Crippen molar-refractivity contribution in [1.82, 2.24) is 4.90 Å². The van der Waals surface area contributed by atoms with Crippen LogP contribution in [0.5, 0.6) is 0 Å². The average molecular weight is 140 g/mol. The Kier molecular flexibility index (Phi) is 4.10. The first-order valence-corrected chi connectivity index (χ1v) is 3.44. The molecule has 0 heterocycles. The number of terminal acetylenes is 1. The molecule has 0 saturated carbocycles. The van der Waals surface area contributed by atoms with Crippen LogP contribution in [0.3, 0.4) is 0 Å². The molecule has 0 aromatic rings. The molecule has 0 bridgehead atoms. The Morgan fingerprint density at radius 1 is 1.60 bits per heavy atom. The van der Waals surface area contributed by atoms with Crippen molar-refractivity contribution in [3.8, 4) is 12.3 Å². The SMILES string of the molecule is C#CC(N)C(C)CN(C)C. The summed E-state index contributed by atoms with van der Waals surface area (Å²) >= 11 is 0. The van der Waals surface area contributed by atoms with E-state index >= 15 is 0 Å². The van der Waals surface area contributed by atoms with Crippen molar-refractivity contribution in [2.75, 3.05) is 20.6 Å². The Hall–Kier alpha value is -0.520. The molecule has 0 aromatic heterocycles. The topological polar surface area (TPSA) is 29.3 Å². The molecular formula is C8H16N2. The summed E-state index contributed by atoms with van der Waals surface area (Å²) in [6, 6.07) is -0.109. The standard InChI is InChI=1S/C8H16N2/c1-5-8(9)7(2)6-10(3)4/h1,7-8H,6,9H2,2-4H3. The Labute approximate surface area is 63.4 Å².